The SMILES string of the molecule is COc1cc(OC2CC2)ccc1C(=O)O. The van der Waals surface area contributed by atoms with Crippen molar-refractivity contribution in [3.05, 3.63) is 23.8 Å². The second-order valence-corrected chi connectivity index (χ2v) is 3.48. The summed E-state index contributed by atoms with van der Waals surface area (Å²) in [6.07, 6.45) is 2.44. The van der Waals surface area contributed by atoms with Gasteiger partial charge in [-0.1, -0.05) is 0 Å². The Morgan fingerprint density at radius 1 is 1.47 bits per heavy atom. The van der Waals surface area contributed by atoms with Gasteiger partial charge in [-0.25, -0.2) is 4.79 Å². The maximum absolute atomic E-state index is 10.8. The molecule has 0 heterocycles. The van der Waals surface area contributed by atoms with Crippen molar-refractivity contribution in [2.45, 2.75) is 18.9 Å². The number of hydrogen-bond donors (Lipinski definition) is 1. The van der Waals surface area contributed by atoms with E-state index in [1.54, 1.807) is 12.1 Å². The molecule has 0 unspecified atom stereocenters. The quantitative estimate of drug-likeness (QED) is 0.821. The van der Waals surface area contributed by atoms with Crippen LogP contribution in [0.1, 0.15) is 23.2 Å². The van der Waals surface area contributed by atoms with Crippen LogP contribution >= 0.6 is 0 Å². The number of ether oxygens (including phenoxy) is 2. The molecule has 1 aromatic carbocycles. The van der Waals surface area contributed by atoms with E-state index in [2.05, 4.69) is 0 Å². The Hall–Kier alpha value is -1.71. The Bertz CT molecular complexity index is 382. The van der Waals surface area contributed by atoms with Crippen LogP contribution in [0.3, 0.4) is 0 Å². The highest BCUT2D eigenvalue weighted by Crippen LogP contribution is 2.30. The first-order valence-corrected chi connectivity index (χ1v) is 4.78. The Balaban J connectivity index is 2.24. The zero-order valence-corrected chi connectivity index (χ0v) is 8.40. The van der Waals surface area contributed by atoms with E-state index in [4.69, 9.17) is 14.6 Å². The average molecular weight is 208 g/mol. The van der Waals surface area contributed by atoms with Gasteiger partial charge < -0.3 is 14.6 Å². The maximum Gasteiger partial charge on any atom is 0.339 e. The lowest BCUT2D eigenvalue weighted by Crippen LogP contribution is -2.02. The highest BCUT2D eigenvalue weighted by Gasteiger charge is 2.24. The van der Waals surface area contributed by atoms with Crippen molar-refractivity contribution in [3.8, 4) is 11.5 Å². The Morgan fingerprint density at radius 3 is 2.73 bits per heavy atom. The van der Waals surface area contributed by atoms with Crippen molar-refractivity contribution in [2.75, 3.05) is 7.11 Å². The average Bonchev–Trinajstić information content (AvgIpc) is 3.01. The van der Waals surface area contributed by atoms with E-state index in [9.17, 15) is 4.79 Å². The van der Waals surface area contributed by atoms with Gasteiger partial charge in [0.25, 0.3) is 0 Å². The minimum atomic E-state index is -0.996. The third-order valence-corrected chi connectivity index (χ3v) is 2.23. The summed E-state index contributed by atoms with van der Waals surface area (Å²) in [5, 5.41) is 8.86. The van der Waals surface area contributed by atoms with E-state index in [1.165, 1.54) is 13.2 Å². The summed E-state index contributed by atoms with van der Waals surface area (Å²) in [4.78, 5) is 10.8. The predicted octanol–water partition coefficient (Wildman–Crippen LogP) is 1.93. The van der Waals surface area contributed by atoms with Crippen molar-refractivity contribution in [1.82, 2.24) is 0 Å². The molecule has 0 aromatic heterocycles. The van der Waals surface area contributed by atoms with Crippen LogP contribution in [0.15, 0.2) is 18.2 Å². The van der Waals surface area contributed by atoms with Crippen LogP contribution in [-0.2, 0) is 0 Å². The summed E-state index contributed by atoms with van der Waals surface area (Å²) in [6.45, 7) is 0. The van der Waals surface area contributed by atoms with Crippen LogP contribution in [-0.4, -0.2) is 24.3 Å². The molecule has 1 fully saturated rings. The van der Waals surface area contributed by atoms with Crippen molar-refractivity contribution >= 4 is 5.97 Å². The highest BCUT2D eigenvalue weighted by molar-refractivity contribution is 5.91. The summed E-state index contributed by atoms with van der Waals surface area (Å²) in [5.74, 6) is 0.00446. The molecular formula is C11H12O4. The normalized spacial score (nSPS) is 14.7. The van der Waals surface area contributed by atoms with Crippen molar-refractivity contribution in [3.63, 3.8) is 0 Å². The molecule has 0 aliphatic heterocycles. The van der Waals surface area contributed by atoms with Crippen molar-refractivity contribution in [2.24, 2.45) is 0 Å². The topological polar surface area (TPSA) is 55.8 Å². The fraction of sp³-hybridized carbons (Fsp3) is 0.364. The first-order valence-electron chi connectivity index (χ1n) is 4.78. The third kappa shape index (κ3) is 2.21. The van der Waals surface area contributed by atoms with Gasteiger partial charge in [0.05, 0.1) is 13.2 Å². The zero-order valence-electron chi connectivity index (χ0n) is 8.40. The van der Waals surface area contributed by atoms with Gasteiger partial charge in [-0.2, -0.15) is 0 Å². The van der Waals surface area contributed by atoms with Crippen LogP contribution < -0.4 is 9.47 Å². The molecule has 0 atom stereocenters. The summed E-state index contributed by atoms with van der Waals surface area (Å²) in [6, 6.07) is 4.77. The Morgan fingerprint density at radius 2 is 2.20 bits per heavy atom. The molecule has 0 amide bonds. The number of methoxy groups -OCH3 is 1. The molecule has 1 aliphatic rings. The van der Waals surface area contributed by atoms with Crippen LogP contribution in [0.2, 0.25) is 0 Å². The van der Waals surface area contributed by atoms with E-state index in [0.29, 0.717) is 17.6 Å². The number of carboxylic acids is 1. The summed E-state index contributed by atoms with van der Waals surface area (Å²) in [5.41, 5.74) is 0.153. The molecule has 0 radical (unpaired) electrons. The number of benzene rings is 1. The first kappa shape index (κ1) is 9.83. The van der Waals surface area contributed by atoms with Crippen LogP contribution in [0, 0.1) is 0 Å². The molecule has 1 N–H and O–H groups in total. The minimum Gasteiger partial charge on any atom is -0.496 e. The van der Waals surface area contributed by atoms with E-state index < -0.39 is 5.97 Å². The lowest BCUT2D eigenvalue weighted by Gasteiger charge is -2.08. The minimum absolute atomic E-state index is 0.153. The molecule has 4 nitrogen and oxygen atoms in total. The van der Waals surface area contributed by atoms with Crippen LogP contribution in [0.5, 0.6) is 11.5 Å². The van der Waals surface area contributed by atoms with Gasteiger partial charge in [0.2, 0.25) is 0 Å². The molecule has 1 aliphatic carbocycles. The summed E-state index contributed by atoms with van der Waals surface area (Å²) < 4.78 is 10.5. The molecule has 1 saturated carbocycles. The summed E-state index contributed by atoms with van der Waals surface area (Å²) in [7, 11) is 1.45. The standard InChI is InChI=1S/C11H12O4/c1-14-10-6-8(15-7-2-3-7)4-5-9(10)11(12)13/h4-7H,2-3H2,1H3,(H,12,13). The van der Waals surface area contributed by atoms with E-state index in [-0.39, 0.29) is 5.56 Å². The molecule has 2 rings (SSSR count). The fourth-order valence-electron chi connectivity index (χ4n) is 1.30. The Kier molecular flexibility index (Phi) is 2.49. The van der Waals surface area contributed by atoms with E-state index in [0.717, 1.165) is 12.8 Å². The molecule has 15 heavy (non-hydrogen) atoms. The second-order valence-electron chi connectivity index (χ2n) is 3.48. The monoisotopic (exact) mass is 208 g/mol. The van der Waals surface area contributed by atoms with Crippen LogP contribution in [0.4, 0.5) is 0 Å². The first-order chi connectivity index (χ1) is 7.20. The molecule has 4 heteroatoms. The molecule has 1 aromatic rings. The molecular weight excluding hydrogens is 196 g/mol. The third-order valence-electron chi connectivity index (χ3n) is 2.23. The molecule has 0 spiro atoms. The van der Waals surface area contributed by atoms with Gasteiger partial charge in [0.15, 0.2) is 0 Å². The zero-order chi connectivity index (χ0) is 10.8. The number of carboxylic acid groups (broad SMARTS) is 1. The van der Waals surface area contributed by atoms with Gasteiger partial charge >= 0.3 is 5.97 Å². The number of carbonyl (C=O) groups is 1. The van der Waals surface area contributed by atoms with Gasteiger partial charge in [0.1, 0.15) is 17.1 Å². The Labute approximate surface area is 87.4 Å². The fourth-order valence-corrected chi connectivity index (χ4v) is 1.30. The van der Waals surface area contributed by atoms with Gasteiger partial charge in [-0.3, -0.25) is 0 Å². The van der Waals surface area contributed by atoms with Gasteiger partial charge in [-0.15, -0.1) is 0 Å². The van der Waals surface area contributed by atoms with Crippen molar-refractivity contribution in [1.29, 1.82) is 0 Å². The lowest BCUT2D eigenvalue weighted by molar-refractivity contribution is 0.0693. The summed E-state index contributed by atoms with van der Waals surface area (Å²) >= 11 is 0. The van der Waals surface area contributed by atoms with Crippen molar-refractivity contribution < 1.29 is 19.4 Å². The molecule has 0 bridgehead atoms. The predicted molar refractivity (Wildman–Crippen MR) is 53.6 cm³/mol. The number of rotatable bonds is 4. The maximum atomic E-state index is 10.8. The second kappa shape index (κ2) is 3.81. The molecule has 80 valence electrons. The van der Waals surface area contributed by atoms with Gasteiger partial charge in [0, 0.05) is 6.07 Å². The van der Waals surface area contributed by atoms with Crippen LogP contribution in [0.25, 0.3) is 0 Å². The largest absolute Gasteiger partial charge is 0.496 e. The number of hydrogen-bond acceptors (Lipinski definition) is 3. The highest BCUT2D eigenvalue weighted by atomic mass is 16.5. The lowest BCUT2D eigenvalue weighted by atomic mass is 10.2. The van der Waals surface area contributed by atoms with Gasteiger partial charge in [-0.05, 0) is 25.0 Å². The number of aromatic carboxylic acids is 1. The smallest absolute Gasteiger partial charge is 0.339 e. The molecule has 0 saturated heterocycles. The van der Waals surface area contributed by atoms with E-state index in [1.807, 2.05) is 0 Å². The van der Waals surface area contributed by atoms with E-state index >= 15 is 0 Å².